The van der Waals surface area contributed by atoms with Crippen LogP contribution in [0.4, 0.5) is 9.59 Å². The van der Waals surface area contributed by atoms with Gasteiger partial charge in [-0.05, 0) is 6.92 Å². The molecule has 0 aromatic rings. The Hall–Kier alpha value is -1.77. The Kier molecular flexibility index (Phi) is 2.69. The summed E-state index contributed by atoms with van der Waals surface area (Å²) in [6, 6.07) is 0.915. The van der Waals surface area contributed by atoms with Gasteiger partial charge in [0.2, 0.25) is 0 Å². The van der Waals surface area contributed by atoms with Gasteiger partial charge in [0.1, 0.15) is 6.04 Å². The number of hydrogen-bond acceptors (Lipinski definition) is 4. The van der Waals surface area contributed by atoms with Crippen molar-refractivity contribution >= 4 is 12.1 Å². The average molecular weight is 183 g/mol. The number of hydrogen-bond donors (Lipinski definition) is 1. The second-order valence-electron chi connectivity index (χ2n) is 2.45. The summed E-state index contributed by atoms with van der Waals surface area (Å²) in [5.41, 5.74) is 0. The van der Waals surface area contributed by atoms with Crippen LogP contribution in [0, 0.1) is 11.3 Å². The molecule has 0 aliphatic carbocycles. The van der Waals surface area contributed by atoms with Gasteiger partial charge in [0.15, 0.2) is 0 Å². The molecule has 1 saturated heterocycles. The van der Waals surface area contributed by atoms with E-state index in [-0.39, 0.29) is 6.61 Å². The van der Waals surface area contributed by atoms with Crippen LogP contribution in [0.15, 0.2) is 0 Å². The molecule has 1 atom stereocenters. The van der Waals surface area contributed by atoms with Gasteiger partial charge < -0.3 is 9.64 Å². The molecule has 70 valence electrons. The number of nitrogens with one attached hydrogen (secondary N) is 1. The van der Waals surface area contributed by atoms with E-state index in [1.54, 1.807) is 6.92 Å². The van der Waals surface area contributed by atoms with E-state index in [0.29, 0.717) is 6.54 Å². The zero-order valence-electron chi connectivity index (χ0n) is 7.11. The Labute approximate surface area is 75.1 Å². The van der Waals surface area contributed by atoms with Gasteiger partial charge in [-0.1, -0.05) is 0 Å². The molecule has 1 heterocycles. The number of carbonyl (C=O) groups excluding carboxylic acids is 2. The van der Waals surface area contributed by atoms with Crippen molar-refractivity contribution in [3.8, 4) is 6.07 Å². The minimum atomic E-state index is -0.781. The molecule has 13 heavy (non-hydrogen) atoms. The van der Waals surface area contributed by atoms with Gasteiger partial charge in [0, 0.05) is 0 Å². The normalized spacial score (nSPS) is 18.8. The lowest BCUT2D eigenvalue weighted by Gasteiger charge is -2.03. The molecule has 1 fully saturated rings. The average Bonchev–Trinajstić information content (AvgIpc) is 2.82. The van der Waals surface area contributed by atoms with E-state index >= 15 is 0 Å². The van der Waals surface area contributed by atoms with Crippen LogP contribution in [0.3, 0.4) is 0 Å². The molecular weight excluding hydrogens is 174 g/mol. The topological polar surface area (TPSA) is 82.2 Å². The molecule has 6 heteroatoms. The fourth-order valence-electron chi connectivity index (χ4n) is 0.800. The van der Waals surface area contributed by atoms with Crippen molar-refractivity contribution in [2.45, 2.75) is 13.0 Å². The molecule has 0 saturated carbocycles. The number of carbonyl (C=O) groups is 2. The molecule has 1 aliphatic heterocycles. The Balaban J connectivity index is 2.27. The standard InChI is InChI=1S/C7H9N3O3/c1-2-13-7(12)9-6(11)10-4-5(10)3-8/h5H,2,4H2,1H3,(H,9,11,12). The fraction of sp³-hybridized carbons (Fsp3) is 0.571. The predicted molar refractivity (Wildman–Crippen MR) is 41.7 cm³/mol. The number of ether oxygens (including phenoxy) is 1. The largest absolute Gasteiger partial charge is 0.450 e. The zero-order valence-corrected chi connectivity index (χ0v) is 7.11. The van der Waals surface area contributed by atoms with Crippen LogP contribution < -0.4 is 5.32 Å². The van der Waals surface area contributed by atoms with E-state index in [1.807, 2.05) is 11.4 Å². The molecule has 1 N–H and O–H groups in total. The van der Waals surface area contributed by atoms with Crippen molar-refractivity contribution in [3.63, 3.8) is 0 Å². The highest BCUT2D eigenvalue weighted by Gasteiger charge is 2.39. The van der Waals surface area contributed by atoms with Crippen LogP contribution in [0.5, 0.6) is 0 Å². The minimum Gasteiger partial charge on any atom is -0.450 e. The second kappa shape index (κ2) is 3.76. The predicted octanol–water partition coefficient (Wildman–Crippen LogP) is 0.0603. The van der Waals surface area contributed by atoms with Gasteiger partial charge in [-0.3, -0.25) is 0 Å². The molecule has 0 bridgehead atoms. The molecule has 1 aliphatic rings. The highest BCUT2D eigenvalue weighted by Crippen LogP contribution is 2.15. The van der Waals surface area contributed by atoms with Crippen molar-refractivity contribution < 1.29 is 14.3 Å². The van der Waals surface area contributed by atoms with Crippen LogP contribution in [-0.2, 0) is 4.74 Å². The number of urea groups is 1. The lowest BCUT2D eigenvalue weighted by atomic mass is 10.5. The Morgan fingerprint density at radius 2 is 2.46 bits per heavy atom. The number of nitriles is 1. The zero-order chi connectivity index (χ0) is 9.84. The summed E-state index contributed by atoms with van der Waals surface area (Å²) < 4.78 is 4.48. The van der Waals surface area contributed by atoms with Crippen molar-refractivity contribution in [1.82, 2.24) is 10.2 Å². The third-order valence-electron chi connectivity index (χ3n) is 1.51. The third kappa shape index (κ3) is 2.33. The minimum absolute atomic E-state index is 0.209. The van der Waals surface area contributed by atoms with E-state index in [2.05, 4.69) is 4.74 Å². The van der Waals surface area contributed by atoms with Crippen LogP contribution in [0.2, 0.25) is 0 Å². The highest BCUT2D eigenvalue weighted by molar-refractivity contribution is 5.92. The molecular formula is C7H9N3O3. The van der Waals surface area contributed by atoms with Crippen LogP contribution in [0.25, 0.3) is 0 Å². The van der Waals surface area contributed by atoms with Crippen LogP contribution in [-0.4, -0.2) is 36.2 Å². The first-order valence-corrected chi connectivity index (χ1v) is 3.83. The summed E-state index contributed by atoms with van der Waals surface area (Å²) in [6.07, 6.45) is -0.781. The number of rotatable bonds is 1. The first kappa shape index (κ1) is 9.32. The van der Waals surface area contributed by atoms with Crippen molar-refractivity contribution in [3.05, 3.63) is 0 Å². The molecule has 0 aromatic heterocycles. The van der Waals surface area contributed by atoms with Gasteiger partial charge in [-0.2, -0.15) is 5.26 Å². The molecule has 0 aromatic carbocycles. The molecule has 3 amide bonds. The number of amides is 3. The maximum Gasteiger partial charge on any atom is 0.415 e. The number of alkyl carbamates (subject to hydrolysis) is 1. The van der Waals surface area contributed by atoms with E-state index in [1.165, 1.54) is 4.90 Å². The summed E-state index contributed by atoms with van der Waals surface area (Å²) >= 11 is 0. The molecule has 0 spiro atoms. The summed E-state index contributed by atoms with van der Waals surface area (Å²) in [5.74, 6) is 0. The lowest BCUT2D eigenvalue weighted by Crippen LogP contribution is -2.35. The van der Waals surface area contributed by atoms with Crippen molar-refractivity contribution in [1.29, 1.82) is 5.26 Å². The maximum atomic E-state index is 11.0. The lowest BCUT2D eigenvalue weighted by molar-refractivity contribution is 0.151. The fourth-order valence-corrected chi connectivity index (χ4v) is 0.800. The smallest absolute Gasteiger partial charge is 0.415 e. The first-order chi connectivity index (χ1) is 6.19. The van der Waals surface area contributed by atoms with Crippen molar-refractivity contribution in [2.75, 3.05) is 13.2 Å². The molecule has 0 radical (unpaired) electrons. The van der Waals surface area contributed by atoms with E-state index < -0.39 is 18.2 Å². The second-order valence-corrected chi connectivity index (χ2v) is 2.45. The SMILES string of the molecule is CCOC(=O)NC(=O)N1CC1C#N. The summed E-state index contributed by atoms with van der Waals surface area (Å²) in [7, 11) is 0. The monoisotopic (exact) mass is 183 g/mol. The van der Waals surface area contributed by atoms with Gasteiger partial charge >= 0.3 is 12.1 Å². The number of nitrogens with zero attached hydrogens (tertiary/aromatic N) is 2. The van der Waals surface area contributed by atoms with Gasteiger partial charge in [0.05, 0.1) is 19.2 Å². The van der Waals surface area contributed by atoms with Crippen molar-refractivity contribution in [2.24, 2.45) is 0 Å². The Morgan fingerprint density at radius 3 is 2.92 bits per heavy atom. The Morgan fingerprint density at radius 1 is 1.77 bits per heavy atom. The summed E-state index contributed by atoms with van der Waals surface area (Å²) in [5, 5.41) is 10.4. The Bertz CT molecular complexity index is 271. The third-order valence-corrected chi connectivity index (χ3v) is 1.51. The number of imide groups is 1. The molecule has 1 unspecified atom stereocenters. The van der Waals surface area contributed by atoms with Gasteiger partial charge in [-0.25, -0.2) is 14.9 Å². The molecule has 1 rings (SSSR count). The summed E-state index contributed by atoms with van der Waals surface area (Å²) in [4.78, 5) is 23.0. The van der Waals surface area contributed by atoms with Crippen LogP contribution in [0.1, 0.15) is 6.92 Å². The highest BCUT2D eigenvalue weighted by atomic mass is 16.5. The first-order valence-electron chi connectivity index (χ1n) is 3.83. The van der Waals surface area contributed by atoms with E-state index in [9.17, 15) is 9.59 Å². The van der Waals surface area contributed by atoms with Gasteiger partial charge in [0.25, 0.3) is 0 Å². The summed E-state index contributed by atoms with van der Waals surface area (Å²) in [6.45, 7) is 2.22. The molecule has 6 nitrogen and oxygen atoms in total. The van der Waals surface area contributed by atoms with E-state index in [4.69, 9.17) is 5.26 Å². The maximum absolute atomic E-state index is 11.0. The van der Waals surface area contributed by atoms with Crippen LogP contribution >= 0.6 is 0 Å². The van der Waals surface area contributed by atoms with Gasteiger partial charge in [-0.15, -0.1) is 0 Å². The quantitative estimate of drug-likeness (QED) is 0.583. The van der Waals surface area contributed by atoms with E-state index in [0.717, 1.165) is 0 Å².